The molecule has 0 unspecified atom stereocenters. The van der Waals surface area contributed by atoms with Gasteiger partial charge >= 0.3 is 0 Å². The van der Waals surface area contributed by atoms with Gasteiger partial charge in [0.2, 0.25) is 11.8 Å². The third-order valence-corrected chi connectivity index (χ3v) is 4.78. The average molecular weight is 391 g/mol. The van der Waals surface area contributed by atoms with Crippen LogP contribution in [0.15, 0.2) is 18.3 Å². The lowest BCUT2D eigenvalue weighted by Crippen LogP contribution is -2.49. The molecule has 7 heteroatoms. The van der Waals surface area contributed by atoms with Crippen LogP contribution in [0.3, 0.4) is 0 Å². The lowest BCUT2D eigenvalue weighted by Gasteiger charge is -2.37. The maximum absolute atomic E-state index is 12.6. The minimum absolute atomic E-state index is 0.0563. The van der Waals surface area contributed by atoms with Gasteiger partial charge in [0.25, 0.3) is 0 Å². The number of piperidine rings is 1. The molecule has 0 aromatic carbocycles. The molecule has 2 amide bonds. The summed E-state index contributed by atoms with van der Waals surface area (Å²) < 4.78 is 5.94. The zero-order chi connectivity index (χ0) is 20.5. The van der Waals surface area contributed by atoms with E-state index in [2.05, 4.69) is 34.4 Å². The van der Waals surface area contributed by atoms with E-state index in [1.165, 1.54) is 6.92 Å². The number of rotatable bonds is 9. The summed E-state index contributed by atoms with van der Waals surface area (Å²) in [5, 5.41) is 5.65. The van der Waals surface area contributed by atoms with Crippen molar-refractivity contribution in [3.05, 3.63) is 24.0 Å². The van der Waals surface area contributed by atoms with Crippen LogP contribution in [0.25, 0.3) is 0 Å². The number of hydrogen-bond acceptors (Lipinski definition) is 5. The van der Waals surface area contributed by atoms with Crippen molar-refractivity contribution in [2.24, 2.45) is 17.8 Å². The fraction of sp³-hybridized carbons (Fsp3) is 0.667. The first-order valence-electron chi connectivity index (χ1n) is 10.1. The molecule has 0 aliphatic carbocycles. The number of aromatic nitrogens is 1. The van der Waals surface area contributed by atoms with Crippen LogP contribution in [0.2, 0.25) is 0 Å². The molecule has 0 saturated carbocycles. The lowest BCUT2D eigenvalue weighted by atomic mass is 9.88. The minimum Gasteiger partial charge on any atom is -0.492 e. The van der Waals surface area contributed by atoms with Gasteiger partial charge in [-0.25, -0.2) is 0 Å². The number of nitrogens with one attached hydrogen (secondary N) is 2. The fourth-order valence-electron chi connectivity index (χ4n) is 3.60. The van der Waals surface area contributed by atoms with Crippen LogP contribution in [-0.4, -0.2) is 61.0 Å². The Morgan fingerprint density at radius 2 is 2.00 bits per heavy atom. The molecule has 1 aromatic heterocycles. The molecule has 2 rings (SSSR count). The predicted octanol–water partition coefficient (Wildman–Crippen LogP) is 1.62. The van der Waals surface area contributed by atoms with E-state index in [4.69, 9.17) is 4.74 Å². The summed E-state index contributed by atoms with van der Waals surface area (Å²) >= 11 is 0. The molecule has 1 saturated heterocycles. The normalized spacial score (nSPS) is 20.0. The van der Waals surface area contributed by atoms with E-state index >= 15 is 0 Å². The maximum atomic E-state index is 12.6. The standard InChI is InChI=1S/C21H34N4O3/c1-15(2)11-25-12-18(14-28-20-6-5-16(3)24-10-20)9-19(13-25)21(27)23-8-7-22-17(4)26/h5-6,10,15,18-19H,7-9,11-14H2,1-4H3,(H,22,26)(H,23,27)/t18-,19+/m0/s1. The molecule has 2 atom stereocenters. The zero-order valence-corrected chi connectivity index (χ0v) is 17.5. The molecule has 0 bridgehead atoms. The Kier molecular flexibility index (Phi) is 8.70. The van der Waals surface area contributed by atoms with Gasteiger partial charge in [-0.15, -0.1) is 0 Å². The quantitative estimate of drug-likeness (QED) is 0.626. The van der Waals surface area contributed by atoms with Gasteiger partial charge in [-0.3, -0.25) is 14.6 Å². The molecule has 2 N–H and O–H groups in total. The van der Waals surface area contributed by atoms with Crippen molar-refractivity contribution in [1.29, 1.82) is 0 Å². The number of aryl methyl sites for hydroxylation is 1. The Balaban J connectivity index is 1.89. The van der Waals surface area contributed by atoms with Crippen molar-refractivity contribution in [3.8, 4) is 5.75 Å². The number of amides is 2. The van der Waals surface area contributed by atoms with Crippen molar-refractivity contribution in [3.63, 3.8) is 0 Å². The van der Waals surface area contributed by atoms with E-state index in [0.29, 0.717) is 31.5 Å². The minimum atomic E-state index is -0.0853. The number of hydrogen-bond donors (Lipinski definition) is 2. The molecule has 0 spiro atoms. The van der Waals surface area contributed by atoms with Gasteiger partial charge in [0.1, 0.15) is 5.75 Å². The highest BCUT2D eigenvalue weighted by atomic mass is 16.5. The van der Waals surface area contributed by atoms with Gasteiger partial charge in [-0.1, -0.05) is 13.8 Å². The summed E-state index contributed by atoms with van der Waals surface area (Å²) in [6.45, 7) is 12.0. The van der Waals surface area contributed by atoms with Crippen LogP contribution in [0, 0.1) is 24.7 Å². The van der Waals surface area contributed by atoms with Crippen molar-refractivity contribution >= 4 is 11.8 Å². The molecule has 1 fully saturated rings. The highest BCUT2D eigenvalue weighted by molar-refractivity contribution is 5.79. The lowest BCUT2D eigenvalue weighted by molar-refractivity contribution is -0.128. The van der Waals surface area contributed by atoms with Crippen LogP contribution in [0.1, 0.15) is 32.9 Å². The number of nitrogens with zero attached hydrogens (tertiary/aromatic N) is 2. The number of carbonyl (C=O) groups excluding carboxylic acids is 2. The van der Waals surface area contributed by atoms with Crippen molar-refractivity contribution in [2.75, 3.05) is 39.3 Å². The second-order valence-corrected chi connectivity index (χ2v) is 8.13. The van der Waals surface area contributed by atoms with Gasteiger partial charge in [0, 0.05) is 51.3 Å². The Hall–Kier alpha value is -2.15. The van der Waals surface area contributed by atoms with Crippen LogP contribution >= 0.6 is 0 Å². The maximum Gasteiger partial charge on any atom is 0.224 e. The first kappa shape index (κ1) is 22.1. The Labute approximate surface area is 168 Å². The third-order valence-electron chi connectivity index (χ3n) is 4.78. The Morgan fingerprint density at radius 3 is 2.64 bits per heavy atom. The van der Waals surface area contributed by atoms with E-state index < -0.39 is 0 Å². The summed E-state index contributed by atoms with van der Waals surface area (Å²) in [7, 11) is 0. The van der Waals surface area contributed by atoms with Gasteiger partial charge in [-0.2, -0.15) is 0 Å². The molecule has 1 aliphatic heterocycles. The van der Waals surface area contributed by atoms with Crippen molar-refractivity contribution < 1.29 is 14.3 Å². The van der Waals surface area contributed by atoms with Crippen LogP contribution in [0.4, 0.5) is 0 Å². The first-order valence-corrected chi connectivity index (χ1v) is 10.1. The molecule has 2 heterocycles. The monoisotopic (exact) mass is 390 g/mol. The Morgan fingerprint density at radius 1 is 1.25 bits per heavy atom. The zero-order valence-electron chi connectivity index (χ0n) is 17.5. The van der Waals surface area contributed by atoms with Crippen LogP contribution in [0.5, 0.6) is 5.75 Å². The van der Waals surface area contributed by atoms with Crippen LogP contribution in [-0.2, 0) is 9.59 Å². The van der Waals surface area contributed by atoms with Gasteiger partial charge in [-0.05, 0) is 31.4 Å². The summed E-state index contributed by atoms with van der Waals surface area (Å²) in [5.74, 6) is 1.51. The second kappa shape index (κ2) is 11.0. The van der Waals surface area contributed by atoms with Crippen molar-refractivity contribution in [2.45, 2.75) is 34.1 Å². The smallest absolute Gasteiger partial charge is 0.224 e. The number of pyridine rings is 1. The predicted molar refractivity (Wildman–Crippen MR) is 109 cm³/mol. The summed E-state index contributed by atoms with van der Waals surface area (Å²) in [5.41, 5.74) is 0.962. The molecule has 28 heavy (non-hydrogen) atoms. The average Bonchev–Trinajstić information content (AvgIpc) is 2.63. The molecular formula is C21H34N4O3. The second-order valence-electron chi connectivity index (χ2n) is 8.13. The first-order chi connectivity index (χ1) is 13.3. The molecule has 1 aromatic rings. The largest absolute Gasteiger partial charge is 0.492 e. The highest BCUT2D eigenvalue weighted by Gasteiger charge is 2.32. The molecule has 7 nitrogen and oxygen atoms in total. The molecular weight excluding hydrogens is 356 g/mol. The highest BCUT2D eigenvalue weighted by Crippen LogP contribution is 2.24. The van der Waals surface area contributed by atoms with E-state index in [0.717, 1.165) is 37.5 Å². The molecule has 0 radical (unpaired) electrons. The summed E-state index contributed by atoms with van der Waals surface area (Å²) in [6.07, 6.45) is 2.55. The fourth-order valence-corrected chi connectivity index (χ4v) is 3.60. The van der Waals surface area contributed by atoms with E-state index in [-0.39, 0.29) is 17.7 Å². The Bertz CT molecular complexity index is 633. The topological polar surface area (TPSA) is 83.6 Å². The van der Waals surface area contributed by atoms with Crippen molar-refractivity contribution in [1.82, 2.24) is 20.5 Å². The summed E-state index contributed by atoms with van der Waals surface area (Å²) in [4.78, 5) is 30.2. The number of carbonyl (C=O) groups is 2. The number of likely N-dealkylation sites (tertiary alicyclic amines) is 1. The van der Waals surface area contributed by atoms with E-state index in [1.807, 2.05) is 19.1 Å². The van der Waals surface area contributed by atoms with E-state index in [1.54, 1.807) is 6.20 Å². The summed E-state index contributed by atoms with van der Waals surface area (Å²) in [6, 6.07) is 3.87. The van der Waals surface area contributed by atoms with Gasteiger partial charge < -0.3 is 20.3 Å². The van der Waals surface area contributed by atoms with Gasteiger partial charge in [0.05, 0.1) is 18.7 Å². The number of ether oxygens (including phenoxy) is 1. The van der Waals surface area contributed by atoms with E-state index in [9.17, 15) is 9.59 Å². The SMILES string of the molecule is CC(=O)NCCNC(=O)[C@@H]1C[C@H](COc2ccc(C)nc2)CN(CC(C)C)C1. The third kappa shape index (κ3) is 7.84. The molecule has 156 valence electrons. The van der Waals surface area contributed by atoms with Crippen LogP contribution < -0.4 is 15.4 Å². The molecule has 1 aliphatic rings. The van der Waals surface area contributed by atoms with Gasteiger partial charge in [0.15, 0.2) is 0 Å².